The van der Waals surface area contributed by atoms with Crippen molar-refractivity contribution in [3.8, 4) is 0 Å². The van der Waals surface area contributed by atoms with Crippen LogP contribution in [0.25, 0.3) is 0 Å². The highest BCUT2D eigenvalue weighted by Crippen LogP contribution is 2.44. The van der Waals surface area contributed by atoms with Gasteiger partial charge in [0.25, 0.3) is 5.91 Å². The van der Waals surface area contributed by atoms with Crippen LogP contribution in [0, 0.1) is 16.7 Å². The second-order valence-corrected chi connectivity index (χ2v) is 11.1. The first kappa shape index (κ1) is 21.6. The summed E-state index contributed by atoms with van der Waals surface area (Å²) in [6, 6.07) is 9.47. The minimum Gasteiger partial charge on any atom is -0.322 e. The molecule has 4 nitrogen and oxygen atoms in total. The molecule has 1 aliphatic rings. The predicted molar refractivity (Wildman–Crippen MR) is 122 cm³/mol. The molecule has 2 N–H and O–H groups in total. The van der Waals surface area contributed by atoms with E-state index in [1.807, 2.05) is 51.1 Å². The highest BCUT2D eigenvalue weighted by atomic mass is 32.1. The number of nitrogens with one attached hydrogen (secondary N) is 2. The summed E-state index contributed by atoms with van der Waals surface area (Å²) in [5, 5.41) is 6.73. The average Bonchev–Trinajstić information content (AvgIpc) is 2.98. The number of para-hydroxylation sites is 1. The number of benzene rings is 1. The van der Waals surface area contributed by atoms with E-state index in [1.165, 1.54) is 4.88 Å². The molecule has 1 atom stereocenters. The Bertz CT molecular complexity index is 901. The number of hydrogen-bond donors (Lipinski definition) is 2. The van der Waals surface area contributed by atoms with E-state index in [4.69, 9.17) is 0 Å². The summed E-state index contributed by atoms with van der Waals surface area (Å²) in [4.78, 5) is 27.1. The first-order chi connectivity index (χ1) is 13.5. The first-order valence-corrected chi connectivity index (χ1v) is 11.1. The second-order valence-electron chi connectivity index (χ2n) is 10.0. The molecule has 1 aliphatic carbocycles. The standard InChI is InChI=1S/C24H32N2O2S/c1-23(2,3)15-12-13-17-18(14-15)29-21(26-22(28)24(4,5)6)19(17)20(27)25-16-10-8-7-9-11-16/h7-11,15H,12-14H2,1-6H3,(H,25,27)(H,26,28). The van der Waals surface area contributed by atoms with Gasteiger partial charge in [0, 0.05) is 16.0 Å². The molecule has 0 aliphatic heterocycles. The van der Waals surface area contributed by atoms with Crippen molar-refractivity contribution in [2.24, 2.45) is 16.7 Å². The van der Waals surface area contributed by atoms with Crippen molar-refractivity contribution in [1.29, 1.82) is 0 Å². The summed E-state index contributed by atoms with van der Waals surface area (Å²) in [5.74, 6) is 0.356. The van der Waals surface area contributed by atoms with Crippen molar-refractivity contribution in [2.45, 2.75) is 60.8 Å². The smallest absolute Gasteiger partial charge is 0.258 e. The fourth-order valence-corrected chi connectivity index (χ4v) is 4.98. The molecular formula is C24H32N2O2S. The molecule has 1 heterocycles. The molecule has 5 heteroatoms. The number of carbonyl (C=O) groups excluding carboxylic acids is 2. The zero-order valence-corrected chi connectivity index (χ0v) is 19.1. The third kappa shape index (κ3) is 4.89. The predicted octanol–water partition coefficient (Wildman–Crippen LogP) is 6.14. The SMILES string of the molecule is CC(C)(C)C(=O)Nc1sc2c(c1C(=O)Nc1ccccc1)CCC(C(C)(C)C)C2. The number of anilines is 2. The molecule has 0 bridgehead atoms. The Balaban J connectivity index is 1.97. The van der Waals surface area contributed by atoms with E-state index in [0.29, 0.717) is 16.5 Å². The van der Waals surface area contributed by atoms with Crippen LogP contribution in [0.2, 0.25) is 0 Å². The molecule has 0 radical (unpaired) electrons. The lowest BCUT2D eigenvalue weighted by atomic mass is 9.72. The number of rotatable bonds is 3. The fraction of sp³-hybridized carbons (Fsp3) is 0.500. The summed E-state index contributed by atoms with van der Waals surface area (Å²) >= 11 is 1.57. The van der Waals surface area contributed by atoms with Crippen molar-refractivity contribution in [3.05, 3.63) is 46.3 Å². The maximum Gasteiger partial charge on any atom is 0.258 e. The van der Waals surface area contributed by atoms with Crippen molar-refractivity contribution in [1.82, 2.24) is 0 Å². The average molecular weight is 413 g/mol. The van der Waals surface area contributed by atoms with Gasteiger partial charge in [-0.3, -0.25) is 9.59 Å². The monoisotopic (exact) mass is 412 g/mol. The van der Waals surface area contributed by atoms with E-state index >= 15 is 0 Å². The summed E-state index contributed by atoms with van der Waals surface area (Å²) in [7, 11) is 0. The summed E-state index contributed by atoms with van der Waals surface area (Å²) in [6.07, 6.45) is 2.89. The van der Waals surface area contributed by atoms with Crippen molar-refractivity contribution in [3.63, 3.8) is 0 Å². The summed E-state index contributed by atoms with van der Waals surface area (Å²) in [6.45, 7) is 12.5. The van der Waals surface area contributed by atoms with Gasteiger partial charge in [0.1, 0.15) is 5.00 Å². The van der Waals surface area contributed by atoms with Gasteiger partial charge in [0.2, 0.25) is 5.91 Å². The van der Waals surface area contributed by atoms with Gasteiger partial charge in [0.15, 0.2) is 0 Å². The molecule has 2 aromatic rings. The van der Waals surface area contributed by atoms with E-state index < -0.39 is 5.41 Å². The molecule has 2 amide bonds. The Hall–Kier alpha value is -2.14. The van der Waals surface area contributed by atoms with E-state index in [9.17, 15) is 9.59 Å². The van der Waals surface area contributed by atoms with Crippen molar-refractivity contribution in [2.75, 3.05) is 10.6 Å². The molecule has 29 heavy (non-hydrogen) atoms. The molecule has 1 aromatic heterocycles. The van der Waals surface area contributed by atoms with Gasteiger partial charge < -0.3 is 10.6 Å². The number of fused-ring (bicyclic) bond motifs is 1. The van der Waals surface area contributed by atoms with Crippen molar-refractivity contribution < 1.29 is 9.59 Å². The molecule has 156 valence electrons. The van der Waals surface area contributed by atoms with Crippen LogP contribution in [0.3, 0.4) is 0 Å². The van der Waals surface area contributed by atoms with Crippen LogP contribution in [0.4, 0.5) is 10.7 Å². The lowest BCUT2D eigenvalue weighted by Gasteiger charge is -2.33. The minimum atomic E-state index is -0.522. The molecule has 0 fully saturated rings. The molecule has 0 spiro atoms. The maximum absolute atomic E-state index is 13.2. The van der Waals surface area contributed by atoms with Crippen LogP contribution in [0.15, 0.2) is 30.3 Å². The Morgan fingerprint density at radius 1 is 1.00 bits per heavy atom. The zero-order valence-electron chi connectivity index (χ0n) is 18.3. The van der Waals surface area contributed by atoms with E-state index in [0.717, 1.165) is 30.5 Å². The van der Waals surface area contributed by atoms with Gasteiger partial charge in [-0.2, -0.15) is 0 Å². The number of thiophene rings is 1. The highest BCUT2D eigenvalue weighted by molar-refractivity contribution is 7.17. The molecule has 0 saturated carbocycles. The van der Waals surface area contributed by atoms with Crippen LogP contribution in [-0.4, -0.2) is 11.8 Å². The third-order valence-electron chi connectivity index (χ3n) is 5.66. The van der Waals surface area contributed by atoms with Gasteiger partial charge in [-0.25, -0.2) is 0 Å². The topological polar surface area (TPSA) is 58.2 Å². The van der Waals surface area contributed by atoms with Gasteiger partial charge in [-0.05, 0) is 48.3 Å². The van der Waals surface area contributed by atoms with E-state index in [2.05, 4.69) is 31.4 Å². The van der Waals surface area contributed by atoms with E-state index in [-0.39, 0.29) is 17.2 Å². The first-order valence-electron chi connectivity index (χ1n) is 10.3. The Morgan fingerprint density at radius 2 is 1.66 bits per heavy atom. The molecule has 3 rings (SSSR count). The normalized spacial score (nSPS) is 16.8. The van der Waals surface area contributed by atoms with Crippen LogP contribution in [0.1, 0.15) is 68.8 Å². The Kier molecular flexibility index (Phi) is 5.91. The highest BCUT2D eigenvalue weighted by Gasteiger charge is 2.34. The molecule has 1 unspecified atom stereocenters. The van der Waals surface area contributed by atoms with E-state index in [1.54, 1.807) is 11.3 Å². The number of hydrogen-bond acceptors (Lipinski definition) is 3. The number of carbonyl (C=O) groups is 2. The van der Waals surface area contributed by atoms with Crippen LogP contribution in [-0.2, 0) is 17.6 Å². The lowest BCUT2D eigenvalue weighted by molar-refractivity contribution is -0.123. The Morgan fingerprint density at radius 3 is 2.24 bits per heavy atom. The van der Waals surface area contributed by atoms with Gasteiger partial charge in [-0.15, -0.1) is 11.3 Å². The summed E-state index contributed by atoms with van der Waals surface area (Å²) in [5.41, 5.74) is 2.20. The van der Waals surface area contributed by atoms with Gasteiger partial charge in [-0.1, -0.05) is 59.7 Å². The second kappa shape index (κ2) is 7.94. The number of amides is 2. The quantitative estimate of drug-likeness (QED) is 0.636. The lowest BCUT2D eigenvalue weighted by Crippen LogP contribution is -2.28. The minimum absolute atomic E-state index is 0.0720. The molecular weight excluding hydrogens is 380 g/mol. The largest absolute Gasteiger partial charge is 0.322 e. The third-order valence-corrected chi connectivity index (χ3v) is 6.83. The van der Waals surface area contributed by atoms with Gasteiger partial charge >= 0.3 is 0 Å². The van der Waals surface area contributed by atoms with Gasteiger partial charge in [0.05, 0.1) is 5.56 Å². The maximum atomic E-state index is 13.2. The summed E-state index contributed by atoms with van der Waals surface area (Å²) < 4.78 is 0. The molecule has 0 saturated heterocycles. The zero-order chi connectivity index (χ0) is 21.4. The Labute approximate surface area is 178 Å². The van der Waals surface area contributed by atoms with Crippen LogP contribution < -0.4 is 10.6 Å². The fourth-order valence-electron chi connectivity index (χ4n) is 3.66. The molecule has 1 aromatic carbocycles. The van der Waals surface area contributed by atoms with Crippen LogP contribution >= 0.6 is 11.3 Å². The van der Waals surface area contributed by atoms with Crippen LogP contribution in [0.5, 0.6) is 0 Å². The van der Waals surface area contributed by atoms with Crippen molar-refractivity contribution >= 4 is 33.8 Å².